The largest absolute Gasteiger partial charge is 0.490 e. The van der Waals surface area contributed by atoms with E-state index in [2.05, 4.69) is 20.4 Å². The van der Waals surface area contributed by atoms with Crippen LogP contribution in [0, 0.1) is 18.7 Å². The van der Waals surface area contributed by atoms with E-state index in [-0.39, 0.29) is 28.8 Å². The third-order valence-electron chi connectivity index (χ3n) is 7.28. The average Bonchev–Trinajstić information content (AvgIpc) is 3.23. The van der Waals surface area contributed by atoms with Crippen molar-refractivity contribution in [2.75, 3.05) is 5.32 Å². The summed E-state index contributed by atoms with van der Waals surface area (Å²) in [7, 11) is 0. The number of aromatic nitrogens is 5. The van der Waals surface area contributed by atoms with Gasteiger partial charge in [-0.25, -0.2) is 19.2 Å². The Hall–Kier alpha value is -3.56. The number of rotatable bonds is 6. The lowest BCUT2D eigenvalue weighted by molar-refractivity contribution is 0.0997. The van der Waals surface area contributed by atoms with Crippen LogP contribution in [0.5, 0.6) is 5.75 Å². The van der Waals surface area contributed by atoms with Gasteiger partial charge in [-0.15, -0.1) is 5.10 Å². The maximum absolute atomic E-state index is 15.5. The summed E-state index contributed by atoms with van der Waals surface area (Å²) in [5.41, 5.74) is 0.645. The second-order valence-electron chi connectivity index (χ2n) is 9.72. The van der Waals surface area contributed by atoms with Crippen molar-refractivity contribution in [3.63, 3.8) is 0 Å². The lowest BCUT2D eigenvalue weighted by Gasteiger charge is -2.29. The van der Waals surface area contributed by atoms with Crippen LogP contribution in [0.1, 0.15) is 73.7 Å². The highest BCUT2D eigenvalue weighted by molar-refractivity contribution is 6.06. The molecular weight excluding hydrogens is 463 g/mol. The van der Waals surface area contributed by atoms with Crippen LogP contribution in [0.25, 0.3) is 5.69 Å². The maximum Gasteiger partial charge on any atom is 0.350 e. The Kier molecular flexibility index (Phi) is 6.84. The molecule has 2 aliphatic rings. The van der Waals surface area contributed by atoms with Gasteiger partial charge >= 0.3 is 5.69 Å². The van der Waals surface area contributed by atoms with E-state index in [0.29, 0.717) is 36.1 Å². The highest BCUT2D eigenvalue weighted by Crippen LogP contribution is 2.32. The van der Waals surface area contributed by atoms with Crippen LogP contribution in [0.2, 0.25) is 0 Å². The van der Waals surface area contributed by atoms with E-state index >= 15 is 4.39 Å². The van der Waals surface area contributed by atoms with Crippen LogP contribution >= 0.6 is 0 Å². The van der Waals surface area contributed by atoms with Gasteiger partial charge in [0.1, 0.15) is 29.4 Å². The molecule has 1 aliphatic heterocycles. The third kappa shape index (κ3) is 4.76. The monoisotopic (exact) mass is 494 g/mol. The van der Waals surface area contributed by atoms with Gasteiger partial charge in [-0.1, -0.05) is 19.3 Å². The molecule has 0 bridgehead atoms. The molecule has 0 spiro atoms. The first-order chi connectivity index (χ1) is 17.4. The van der Waals surface area contributed by atoms with E-state index in [9.17, 15) is 9.59 Å². The molecule has 0 radical (unpaired) electrons. The Balaban J connectivity index is 1.54. The Bertz CT molecular complexity index is 1330. The van der Waals surface area contributed by atoms with E-state index in [1.807, 2.05) is 6.92 Å². The van der Waals surface area contributed by atoms with Crippen LogP contribution in [0.15, 0.2) is 29.5 Å². The number of aryl methyl sites for hydroxylation is 2. The van der Waals surface area contributed by atoms with Gasteiger partial charge in [0.25, 0.3) is 5.91 Å². The van der Waals surface area contributed by atoms with Crippen molar-refractivity contribution in [3.8, 4) is 11.4 Å². The molecule has 1 fully saturated rings. The lowest BCUT2D eigenvalue weighted by atomic mass is 9.86. The molecule has 0 saturated heterocycles. The van der Waals surface area contributed by atoms with Gasteiger partial charge in [0.2, 0.25) is 0 Å². The number of ether oxygens (including phenoxy) is 1. The second-order valence-corrected chi connectivity index (χ2v) is 9.72. The molecule has 36 heavy (non-hydrogen) atoms. The molecule has 1 N–H and O–H groups in total. The zero-order valence-corrected chi connectivity index (χ0v) is 20.7. The summed E-state index contributed by atoms with van der Waals surface area (Å²) in [6.45, 7) is 4.30. The minimum absolute atomic E-state index is 0.0245. The summed E-state index contributed by atoms with van der Waals surface area (Å²) in [6, 6.07) is 2.55. The first-order valence-corrected chi connectivity index (χ1v) is 12.7. The number of nitrogens with zero attached hydrogens (tertiary/aromatic N) is 5. The van der Waals surface area contributed by atoms with Crippen molar-refractivity contribution < 1.29 is 13.9 Å². The SMILES string of the molecule is Cc1ncncc1NC(=O)c1cc(F)c(-n2nc3n(c2=O)CCCC3)cc1O[C@@H](C)C1CCCCC1. The van der Waals surface area contributed by atoms with E-state index in [1.54, 1.807) is 11.5 Å². The molecule has 5 rings (SSSR count). The minimum Gasteiger partial charge on any atom is -0.490 e. The lowest BCUT2D eigenvalue weighted by Crippen LogP contribution is -2.28. The molecule has 3 heterocycles. The molecular formula is C26H31FN6O3. The fraction of sp³-hybridized carbons (Fsp3) is 0.500. The van der Waals surface area contributed by atoms with E-state index in [4.69, 9.17) is 4.74 Å². The molecule has 2 aromatic heterocycles. The molecule has 1 aliphatic carbocycles. The maximum atomic E-state index is 15.5. The highest BCUT2D eigenvalue weighted by atomic mass is 19.1. The van der Waals surface area contributed by atoms with Crippen LogP contribution in [0.3, 0.4) is 0 Å². The second kappa shape index (κ2) is 10.2. The molecule has 3 aromatic rings. The quantitative estimate of drug-likeness (QED) is 0.551. The molecule has 190 valence electrons. The molecule has 0 unspecified atom stereocenters. The topological polar surface area (TPSA) is 104 Å². The number of carbonyl (C=O) groups is 1. The fourth-order valence-electron chi connectivity index (χ4n) is 5.14. The number of carbonyl (C=O) groups excluding carboxylic acids is 1. The summed E-state index contributed by atoms with van der Waals surface area (Å²) in [4.78, 5) is 34.3. The number of hydrogen-bond donors (Lipinski definition) is 1. The van der Waals surface area contributed by atoms with Crippen LogP contribution < -0.4 is 15.7 Å². The van der Waals surface area contributed by atoms with E-state index < -0.39 is 11.7 Å². The normalized spacial score (nSPS) is 16.9. The number of fused-ring (bicyclic) bond motifs is 1. The summed E-state index contributed by atoms with van der Waals surface area (Å²) in [6.07, 6.45) is 10.8. The first kappa shape index (κ1) is 24.1. The molecule has 1 atom stereocenters. The van der Waals surface area contributed by atoms with Gasteiger partial charge < -0.3 is 10.1 Å². The molecule has 10 heteroatoms. The standard InChI is InChI=1S/C26H31FN6O3/c1-16-21(14-28-15-29-16)30-25(34)19-12-20(27)22(33-26(35)32-11-7-6-10-24(32)31-33)13-23(19)36-17(2)18-8-4-3-5-9-18/h12-15,17-18H,3-11H2,1-2H3,(H,30,34)/t17-/m0/s1. The van der Waals surface area contributed by atoms with Crippen LogP contribution in [-0.4, -0.2) is 36.3 Å². The Morgan fingerprint density at radius 2 is 2.00 bits per heavy atom. The van der Waals surface area contributed by atoms with Crippen molar-refractivity contribution in [1.82, 2.24) is 24.3 Å². The Morgan fingerprint density at radius 1 is 1.19 bits per heavy atom. The highest BCUT2D eigenvalue weighted by Gasteiger charge is 2.27. The average molecular weight is 495 g/mol. The predicted molar refractivity (Wildman–Crippen MR) is 132 cm³/mol. The number of halogens is 1. The summed E-state index contributed by atoms with van der Waals surface area (Å²) in [5, 5.41) is 7.16. The van der Waals surface area contributed by atoms with Crippen molar-refractivity contribution in [3.05, 3.63) is 58.0 Å². The molecule has 1 saturated carbocycles. The van der Waals surface area contributed by atoms with Gasteiger partial charge in [-0.05, 0) is 51.5 Å². The van der Waals surface area contributed by atoms with Crippen molar-refractivity contribution in [2.24, 2.45) is 5.92 Å². The Morgan fingerprint density at radius 3 is 2.75 bits per heavy atom. The molecule has 1 aromatic carbocycles. The number of nitrogens with one attached hydrogen (secondary N) is 1. The van der Waals surface area contributed by atoms with Crippen molar-refractivity contribution in [2.45, 2.75) is 77.9 Å². The number of hydrogen-bond acceptors (Lipinski definition) is 6. The van der Waals surface area contributed by atoms with Crippen LogP contribution in [-0.2, 0) is 13.0 Å². The predicted octanol–water partition coefficient (Wildman–Crippen LogP) is 4.21. The summed E-state index contributed by atoms with van der Waals surface area (Å²) in [5.74, 6) is -0.0629. The van der Waals surface area contributed by atoms with Crippen molar-refractivity contribution in [1.29, 1.82) is 0 Å². The number of anilines is 1. The zero-order valence-electron chi connectivity index (χ0n) is 20.7. The van der Waals surface area contributed by atoms with E-state index in [1.165, 1.54) is 25.0 Å². The third-order valence-corrected chi connectivity index (χ3v) is 7.28. The number of benzene rings is 1. The zero-order chi connectivity index (χ0) is 25.2. The summed E-state index contributed by atoms with van der Waals surface area (Å²) >= 11 is 0. The molecule has 1 amide bonds. The minimum atomic E-state index is -0.726. The van der Waals surface area contributed by atoms with Crippen molar-refractivity contribution >= 4 is 11.6 Å². The van der Waals surface area contributed by atoms with Gasteiger partial charge in [0, 0.05) is 19.0 Å². The van der Waals surface area contributed by atoms with Gasteiger partial charge in [0.05, 0.1) is 29.2 Å². The van der Waals surface area contributed by atoms with Crippen LogP contribution in [0.4, 0.5) is 10.1 Å². The first-order valence-electron chi connectivity index (χ1n) is 12.7. The van der Waals surface area contributed by atoms with E-state index in [0.717, 1.165) is 49.3 Å². The number of amides is 1. The smallest absolute Gasteiger partial charge is 0.350 e. The Labute approximate surface area is 208 Å². The molecule has 9 nitrogen and oxygen atoms in total. The fourth-order valence-corrected chi connectivity index (χ4v) is 5.14. The summed E-state index contributed by atoms with van der Waals surface area (Å²) < 4.78 is 24.5. The van der Waals surface area contributed by atoms with Gasteiger partial charge in [0.15, 0.2) is 0 Å². The van der Waals surface area contributed by atoms with Gasteiger partial charge in [-0.3, -0.25) is 9.36 Å². The van der Waals surface area contributed by atoms with Gasteiger partial charge in [-0.2, -0.15) is 4.68 Å².